The molecule has 0 unspecified atom stereocenters. The fourth-order valence-corrected chi connectivity index (χ4v) is 4.37. The number of carbonyl (C=O) groups excluding carboxylic acids is 2. The van der Waals surface area contributed by atoms with Gasteiger partial charge in [-0.1, -0.05) is 19.9 Å². The molecule has 2 heterocycles. The third kappa shape index (κ3) is 9.85. The molecule has 36 heavy (non-hydrogen) atoms. The van der Waals surface area contributed by atoms with Gasteiger partial charge in [0.05, 0.1) is 0 Å². The van der Waals surface area contributed by atoms with E-state index >= 15 is 0 Å². The van der Waals surface area contributed by atoms with Gasteiger partial charge in [0.2, 0.25) is 0 Å². The average Bonchev–Trinajstić information content (AvgIpc) is 2.89. The summed E-state index contributed by atoms with van der Waals surface area (Å²) in [5, 5.41) is 2.21. The second-order valence-corrected chi connectivity index (χ2v) is 11.5. The molecule has 0 spiro atoms. The monoisotopic (exact) mass is 518 g/mol. The van der Waals surface area contributed by atoms with E-state index < -0.39 is 11.2 Å². The van der Waals surface area contributed by atoms with E-state index in [4.69, 9.17) is 9.47 Å². The number of ether oxygens (including phenoxy) is 2. The highest BCUT2D eigenvalue weighted by Crippen LogP contribution is 2.27. The molecule has 1 fully saturated rings. The first-order valence-corrected chi connectivity index (χ1v) is 13.4. The van der Waals surface area contributed by atoms with Gasteiger partial charge in [-0.25, -0.2) is 13.9 Å². The molecular weight excluding hydrogens is 476 g/mol. The normalized spacial score (nSPS) is 15.8. The number of hydrogen-bond acceptors (Lipinski definition) is 7. The van der Waals surface area contributed by atoms with Crippen molar-refractivity contribution in [1.82, 2.24) is 19.1 Å². The average molecular weight is 519 g/mol. The summed E-state index contributed by atoms with van der Waals surface area (Å²) in [4.78, 5) is 34.3. The zero-order valence-corrected chi connectivity index (χ0v) is 23.9. The molecule has 2 amide bonds. The van der Waals surface area contributed by atoms with Crippen LogP contribution in [0, 0.1) is 0 Å². The Balaban J connectivity index is 0.00000222. The highest BCUT2D eigenvalue weighted by Gasteiger charge is 2.28. The Morgan fingerprint density at radius 3 is 1.78 bits per heavy atom. The van der Waals surface area contributed by atoms with Crippen molar-refractivity contribution in [2.24, 2.45) is 0 Å². The molecule has 0 bridgehead atoms. The molecule has 0 aliphatic carbocycles. The van der Waals surface area contributed by atoms with Crippen LogP contribution in [0.15, 0.2) is 41.6 Å². The Kier molecular flexibility index (Phi) is 10.8. The standard InChI is InChI=1S/C25H36N4O4S.C2H6/c1-24(2,3)32-22(30)27-11-12-28(23(31)33-25(4,5)6)14-16-29(15-13-27)34-21-8-7-20-18-26-10-9-19(20)17-21;1-2/h7-10,17-18H,11-16H2,1-6H3;1-2H3. The predicted molar refractivity (Wildman–Crippen MR) is 146 cm³/mol. The maximum atomic E-state index is 12.8. The van der Waals surface area contributed by atoms with Crippen LogP contribution < -0.4 is 0 Å². The minimum atomic E-state index is -0.589. The number of pyridine rings is 1. The molecular formula is C27H42N4O4S. The van der Waals surface area contributed by atoms with Crippen LogP contribution in [0.2, 0.25) is 0 Å². The molecule has 1 aliphatic rings. The van der Waals surface area contributed by atoms with E-state index in [0.29, 0.717) is 39.3 Å². The lowest BCUT2D eigenvalue weighted by Gasteiger charge is -2.30. The summed E-state index contributed by atoms with van der Waals surface area (Å²) in [6.45, 7) is 18.2. The Bertz CT molecular complexity index is 963. The predicted octanol–water partition coefficient (Wildman–Crippen LogP) is 6.06. The van der Waals surface area contributed by atoms with Crippen molar-refractivity contribution >= 4 is 34.9 Å². The summed E-state index contributed by atoms with van der Waals surface area (Å²) in [5.41, 5.74) is -1.18. The number of benzene rings is 1. The molecule has 0 atom stereocenters. The molecule has 0 radical (unpaired) electrons. The molecule has 3 rings (SSSR count). The van der Waals surface area contributed by atoms with E-state index in [-0.39, 0.29) is 12.2 Å². The molecule has 0 N–H and O–H groups in total. The summed E-state index contributed by atoms with van der Waals surface area (Å²) < 4.78 is 13.4. The molecule has 1 saturated heterocycles. The minimum absolute atomic E-state index is 0.373. The topological polar surface area (TPSA) is 75.2 Å². The number of fused-ring (bicyclic) bond motifs is 1. The third-order valence-corrected chi connectivity index (χ3v) is 6.12. The van der Waals surface area contributed by atoms with Crippen LogP contribution in [0.3, 0.4) is 0 Å². The SMILES string of the molecule is CC.CC(C)(C)OC(=O)N1CCN(Sc2ccc3cnccc3c2)CCN(C(=O)OC(C)(C)C)CC1. The lowest BCUT2D eigenvalue weighted by molar-refractivity contribution is 0.0154. The number of amides is 2. The van der Waals surface area contributed by atoms with Crippen molar-refractivity contribution in [1.29, 1.82) is 0 Å². The lowest BCUT2D eigenvalue weighted by Crippen LogP contribution is -2.44. The van der Waals surface area contributed by atoms with Crippen LogP contribution in [-0.4, -0.2) is 81.7 Å². The summed E-state index contributed by atoms with van der Waals surface area (Å²) in [5.74, 6) is 0. The summed E-state index contributed by atoms with van der Waals surface area (Å²) in [6, 6.07) is 8.25. The summed E-state index contributed by atoms with van der Waals surface area (Å²) in [6.07, 6.45) is 2.89. The van der Waals surface area contributed by atoms with Crippen LogP contribution in [0.4, 0.5) is 9.59 Å². The van der Waals surface area contributed by atoms with Gasteiger partial charge >= 0.3 is 12.2 Å². The van der Waals surface area contributed by atoms with Crippen molar-refractivity contribution in [2.45, 2.75) is 71.5 Å². The van der Waals surface area contributed by atoms with Crippen LogP contribution in [0.5, 0.6) is 0 Å². The Labute approximate surface area is 220 Å². The van der Waals surface area contributed by atoms with Gasteiger partial charge in [0, 0.05) is 61.9 Å². The van der Waals surface area contributed by atoms with E-state index in [1.807, 2.05) is 67.7 Å². The summed E-state index contributed by atoms with van der Waals surface area (Å²) >= 11 is 1.62. The molecule has 9 heteroatoms. The van der Waals surface area contributed by atoms with Crippen molar-refractivity contribution in [2.75, 3.05) is 39.3 Å². The van der Waals surface area contributed by atoms with E-state index in [0.717, 1.165) is 15.7 Å². The van der Waals surface area contributed by atoms with Crippen molar-refractivity contribution in [3.8, 4) is 0 Å². The van der Waals surface area contributed by atoms with Gasteiger partial charge in [0.25, 0.3) is 0 Å². The fourth-order valence-electron chi connectivity index (χ4n) is 3.42. The van der Waals surface area contributed by atoms with Gasteiger partial charge in [-0.05, 0) is 77.1 Å². The second-order valence-electron chi connectivity index (χ2n) is 10.3. The van der Waals surface area contributed by atoms with E-state index in [1.54, 1.807) is 27.9 Å². The first-order valence-electron chi connectivity index (χ1n) is 12.6. The van der Waals surface area contributed by atoms with Crippen LogP contribution in [0.1, 0.15) is 55.4 Å². The molecule has 1 aliphatic heterocycles. The molecule has 0 saturated carbocycles. The van der Waals surface area contributed by atoms with Gasteiger partial charge < -0.3 is 19.3 Å². The van der Waals surface area contributed by atoms with Crippen molar-refractivity contribution in [3.63, 3.8) is 0 Å². The first-order chi connectivity index (χ1) is 16.9. The molecule has 2 aromatic rings. The summed E-state index contributed by atoms with van der Waals surface area (Å²) in [7, 11) is 0. The number of nitrogens with zero attached hydrogens (tertiary/aromatic N) is 4. The highest BCUT2D eigenvalue weighted by molar-refractivity contribution is 7.97. The van der Waals surface area contributed by atoms with Crippen LogP contribution in [0.25, 0.3) is 10.8 Å². The van der Waals surface area contributed by atoms with E-state index in [1.165, 1.54) is 0 Å². The fraction of sp³-hybridized carbons (Fsp3) is 0.593. The lowest BCUT2D eigenvalue weighted by atomic mass is 10.2. The van der Waals surface area contributed by atoms with Gasteiger partial charge in [-0.3, -0.25) is 4.98 Å². The zero-order valence-electron chi connectivity index (χ0n) is 23.0. The smallest absolute Gasteiger partial charge is 0.410 e. The molecule has 8 nitrogen and oxygen atoms in total. The second kappa shape index (κ2) is 13.1. The number of aromatic nitrogens is 1. The van der Waals surface area contributed by atoms with E-state index in [9.17, 15) is 9.59 Å². The maximum absolute atomic E-state index is 12.8. The molecule has 1 aromatic carbocycles. The highest BCUT2D eigenvalue weighted by atomic mass is 32.2. The van der Waals surface area contributed by atoms with Gasteiger partial charge in [-0.2, -0.15) is 0 Å². The number of rotatable bonds is 2. The Hall–Kier alpha value is -2.52. The Morgan fingerprint density at radius 1 is 0.778 bits per heavy atom. The number of carbonyl (C=O) groups is 2. The van der Waals surface area contributed by atoms with Gasteiger partial charge in [0.15, 0.2) is 0 Å². The molecule has 1 aromatic heterocycles. The minimum Gasteiger partial charge on any atom is -0.444 e. The van der Waals surface area contributed by atoms with Gasteiger partial charge in [-0.15, -0.1) is 0 Å². The zero-order chi connectivity index (χ0) is 26.9. The third-order valence-electron chi connectivity index (χ3n) is 5.03. The van der Waals surface area contributed by atoms with E-state index in [2.05, 4.69) is 27.5 Å². The van der Waals surface area contributed by atoms with Crippen molar-refractivity contribution in [3.05, 3.63) is 36.7 Å². The van der Waals surface area contributed by atoms with Gasteiger partial charge in [0.1, 0.15) is 11.2 Å². The molecule has 200 valence electrons. The quantitative estimate of drug-likeness (QED) is 0.448. The number of hydrogen-bond donors (Lipinski definition) is 0. The maximum Gasteiger partial charge on any atom is 0.410 e. The largest absolute Gasteiger partial charge is 0.444 e. The first kappa shape index (κ1) is 29.7. The van der Waals surface area contributed by atoms with Crippen LogP contribution in [-0.2, 0) is 9.47 Å². The Morgan fingerprint density at radius 2 is 1.28 bits per heavy atom. The van der Waals surface area contributed by atoms with Crippen LogP contribution >= 0.6 is 11.9 Å². The van der Waals surface area contributed by atoms with Crippen molar-refractivity contribution < 1.29 is 19.1 Å².